The van der Waals surface area contributed by atoms with Crippen molar-refractivity contribution in [2.24, 2.45) is 17.8 Å². The number of carbonyl (C=O) groups excluding carboxylic acids is 3. The molecule has 0 N–H and O–H groups in total. The molecule has 0 aliphatic rings. The van der Waals surface area contributed by atoms with Crippen molar-refractivity contribution >= 4 is 17.9 Å². The molecule has 0 aliphatic heterocycles. The van der Waals surface area contributed by atoms with Gasteiger partial charge in [0.15, 0.2) is 0 Å². The lowest BCUT2D eigenvalue weighted by atomic mass is 10.1. The second-order valence-corrected chi connectivity index (χ2v) is 11.6. The zero-order valence-corrected chi connectivity index (χ0v) is 27.7. The maximum absolute atomic E-state index is 12.6. The van der Waals surface area contributed by atoms with Crippen LogP contribution in [0.3, 0.4) is 0 Å². The Morgan fingerprint density at radius 2 is 0.814 bits per heavy atom. The normalized spacial score (nSPS) is 14.4. The molecule has 0 aromatic carbocycles. The van der Waals surface area contributed by atoms with Crippen LogP contribution in [-0.2, 0) is 28.6 Å². The van der Waals surface area contributed by atoms with Crippen LogP contribution in [-0.4, -0.2) is 62.3 Å². The van der Waals surface area contributed by atoms with Gasteiger partial charge in [0.1, 0.15) is 19.8 Å². The SMILES string of the molecule is C=CC(C)CCC=C(C)COC(=O)CN(CC(=O)OCC(C)=CCCC(C)C=C)CC(=O)OCC(C)=CCCC(C)C=C. The van der Waals surface area contributed by atoms with Crippen LogP contribution in [0.4, 0.5) is 0 Å². The molecule has 0 fully saturated rings. The van der Waals surface area contributed by atoms with E-state index in [-0.39, 0.29) is 39.5 Å². The fourth-order valence-corrected chi connectivity index (χ4v) is 3.74. The van der Waals surface area contributed by atoms with Gasteiger partial charge >= 0.3 is 17.9 Å². The molecule has 0 amide bonds. The van der Waals surface area contributed by atoms with Gasteiger partial charge in [0.05, 0.1) is 19.6 Å². The molecule has 0 saturated heterocycles. The lowest BCUT2D eigenvalue weighted by Gasteiger charge is -2.20. The van der Waals surface area contributed by atoms with Crippen LogP contribution in [0.25, 0.3) is 0 Å². The number of carbonyl (C=O) groups is 3. The molecule has 0 rings (SSSR count). The minimum absolute atomic E-state index is 0.146. The number of rotatable bonds is 24. The molecule has 43 heavy (non-hydrogen) atoms. The summed E-state index contributed by atoms with van der Waals surface area (Å²) < 4.78 is 16.3. The highest BCUT2D eigenvalue weighted by atomic mass is 16.5. The van der Waals surface area contributed by atoms with Gasteiger partial charge in [-0.15, -0.1) is 19.7 Å². The van der Waals surface area contributed by atoms with Crippen LogP contribution in [0.1, 0.15) is 80.1 Å². The summed E-state index contributed by atoms with van der Waals surface area (Å²) in [6.07, 6.45) is 17.4. The summed E-state index contributed by atoms with van der Waals surface area (Å²) in [7, 11) is 0. The molecule has 3 unspecified atom stereocenters. The zero-order chi connectivity index (χ0) is 32.6. The van der Waals surface area contributed by atoms with Gasteiger partial charge in [0, 0.05) is 0 Å². The van der Waals surface area contributed by atoms with Gasteiger partial charge in [-0.2, -0.15) is 0 Å². The van der Waals surface area contributed by atoms with Crippen LogP contribution in [0, 0.1) is 17.8 Å². The van der Waals surface area contributed by atoms with Gasteiger partial charge in [0.25, 0.3) is 0 Å². The highest BCUT2D eigenvalue weighted by molar-refractivity contribution is 5.78. The van der Waals surface area contributed by atoms with E-state index in [0.29, 0.717) is 17.8 Å². The van der Waals surface area contributed by atoms with Gasteiger partial charge in [-0.25, -0.2) is 0 Å². The Balaban J connectivity index is 5.09. The third-order valence-electron chi connectivity index (χ3n) is 6.99. The van der Waals surface area contributed by atoms with E-state index in [9.17, 15) is 14.4 Å². The van der Waals surface area contributed by atoms with Crippen molar-refractivity contribution in [1.29, 1.82) is 0 Å². The second-order valence-electron chi connectivity index (χ2n) is 11.6. The van der Waals surface area contributed by atoms with E-state index in [1.54, 1.807) is 0 Å². The maximum atomic E-state index is 12.6. The molecule has 0 bridgehead atoms. The molecule has 0 spiro atoms. The lowest BCUT2D eigenvalue weighted by Crippen LogP contribution is -2.40. The molecule has 0 heterocycles. The highest BCUT2D eigenvalue weighted by Crippen LogP contribution is 2.11. The predicted octanol–water partition coefficient (Wildman–Crippen LogP) is 7.56. The van der Waals surface area contributed by atoms with Crippen LogP contribution in [0.2, 0.25) is 0 Å². The van der Waals surface area contributed by atoms with E-state index in [0.717, 1.165) is 55.2 Å². The number of esters is 3. The van der Waals surface area contributed by atoms with Crippen molar-refractivity contribution in [3.05, 3.63) is 72.9 Å². The first-order chi connectivity index (χ1) is 20.4. The average Bonchev–Trinajstić information content (AvgIpc) is 2.97. The number of ether oxygens (including phenoxy) is 3. The van der Waals surface area contributed by atoms with Crippen LogP contribution < -0.4 is 0 Å². The molecule has 0 saturated carbocycles. The van der Waals surface area contributed by atoms with Crippen LogP contribution in [0.5, 0.6) is 0 Å². The molecule has 0 aliphatic carbocycles. The first-order valence-corrected chi connectivity index (χ1v) is 15.4. The van der Waals surface area contributed by atoms with Gasteiger partial charge in [-0.1, -0.05) is 57.2 Å². The minimum Gasteiger partial charge on any atom is -0.460 e. The van der Waals surface area contributed by atoms with E-state index in [2.05, 4.69) is 40.5 Å². The third kappa shape index (κ3) is 23.0. The zero-order valence-electron chi connectivity index (χ0n) is 27.7. The second kappa shape index (κ2) is 24.3. The lowest BCUT2D eigenvalue weighted by molar-refractivity contribution is -0.151. The fraction of sp³-hybridized carbons (Fsp3) is 0.583. The van der Waals surface area contributed by atoms with Crippen LogP contribution in [0.15, 0.2) is 72.9 Å². The Morgan fingerprint density at radius 3 is 1.05 bits per heavy atom. The fourth-order valence-electron chi connectivity index (χ4n) is 3.74. The monoisotopic (exact) mass is 599 g/mol. The summed E-state index contributed by atoms with van der Waals surface area (Å²) in [6, 6.07) is 0. The smallest absolute Gasteiger partial charge is 0.320 e. The summed E-state index contributed by atoms with van der Waals surface area (Å²) in [6.45, 7) is 23.1. The van der Waals surface area contributed by atoms with Gasteiger partial charge in [0.2, 0.25) is 0 Å². The number of hydrogen-bond donors (Lipinski definition) is 0. The average molecular weight is 600 g/mol. The van der Waals surface area contributed by atoms with Crippen molar-refractivity contribution in [1.82, 2.24) is 4.90 Å². The Kier molecular flexibility index (Phi) is 22.5. The van der Waals surface area contributed by atoms with E-state index < -0.39 is 17.9 Å². The Morgan fingerprint density at radius 1 is 0.558 bits per heavy atom. The van der Waals surface area contributed by atoms with E-state index in [1.807, 2.05) is 57.2 Å². The molecule has 0 aromatic heterocycles. The summed E-state index contributed by atoms with van der Waals surface area (Å²) in [5.74, 6) is -0.353. The summed E-state index contributed by atoms with van der Waals surface area (Å²) >= 11 is 0. The minimum atomic E-state index is -0.535. The number of hydrogen-bond acceptors (Lipinski definition) is 7. The summed E-state index contributed by atoms with van der Waals surface area (Å²) in [5, 5.41) is 0. The largest absolute Gasteiger partial charge is 0.460 e. The molecule has 0 radical (unpaired) electrons. The Bertz CT molecular complexity index is 853. The first kappa shape index (κ1) is 39.8. The maximum Gasteiger partial charge on any atom is 0.320 e. The van der Waals surface area contributed by atoms with Crippen molar-refractivity contribution in [3.63, 3.8) is 0 Å². The van der Waals surface area contributed by atoms with Gasteiger partial charge in [-0.3, -0.25) is 19.3 Å². The predicted molar refractivity (Wildman–Crippen MR) is 176 cm³/mol. The van der Waals surface area contributed by atoms with E-state index in [1.165, 1.54) is 4.90 Å². The quantitative estimate of drug-likeness (QED) is 0.0643. The highest BCUT2D eigenvalue weighted by Gasteiger charge is 2.20. The molecule has 3 atom stereocenters. The number of nitrogens with zero attached hydrogens (tertiary/aromatic N) is 1. The number of allylic oxidation sites excluding steroid dienone is 6. The first-order valence-electron chi connectivity index (χ1n) is 15.4. The molecule has 7 heteroatoms. The third-order valence-corrected chi connectivity index (χ3v) is 6.99. The van der Waals surface area contributed by atoms with Gasteiger partial charge in [-0.05, 0) is 93.8 Å². The summed E-state index contributed by atoms with van der Waals surface area (Å²) in [4.78, 5) is 39.3. The molecule has 0 aromatic rings. The van der Waals surface area contributed by atoms with Crippen molar-refractivity contribution in [3.8, 4) is 0 Å². The topological polar surface area (TPSA) is 82.1 Å². The Hall–Kier alpha value is -3.19. The molecule has 7 nitrogen and oxygen atoms in total. The van der Waals surface area contributed by atoms with Crippen molar-refractivity contribution in [2.45, 2.75) is 80.1 Å². The van der Waals surface area contributed by atoms with E-state index in [4.69, 9.17) is 14.2 Å². The van der Waals surface area contributed by atoms with Crippen LogP contribution >= 0.6 is 0 Å². The Labute approximate surface area is 261 Å². The van der Waals surface area contributed by atoms with Gasteiger partial charge < -0.3 is 14.2 Å². The van der Waals surface area contributed by atoms with Crippen molar-refractivity contribution in [2.75, 3.05) is 39.5 Å². The molecular weight excluding hydrogens is 542 g/mol. The van der Waals surface area contributed by atoms with Crippen molar-refractivity contribution < 1.29 is 28.6 Å². The summed E-state index contributed by atoms with van der Waals surface area (Å²) in [5.41, 5.74) is 2.80. The van der Waals surface area contributed by atoms with E-state index >= 15 is 0 Å². The standard InChI is InChI=1S/C36H57NO6/c1-10-28(4)16-13-19-31(7)25-41-34(38)22-37(23-35(39)42-26-32(8)20-14-17-29(5)11-2)24-36(40)43-27-33(9)21-15-18-30(6)12-3/h10-12,19-21,28-30H,1-3,13-18,22-27H2,4-9H3. The molecular formula is C36H57NO6. The molecule has 242 valence electrons.